The Morgan fingerprint density at radius 1 is 1.42 bits per heavy atom. The maximum absolute atomic E-state index is 11.5. The zero-order valence-electron chi connectivity index (χ0n) is 7.67. The number of carbonyl (C=O) groups is 1. The maximum atomic E-state index is 11.5. The largest absolute Gasteiger partial charge is 0.378 e. The number of hydrogen-bond donors (Lipinski definition) is 0. The van der Waals surface area contributed by atoms with Gasteiger partial charge in [0.2, 0.25) is 5.91 Å². The van der Waals surface area contributed by atoms with E-state index in [2.05, 4.69) is 0 Å². The third kappa shape index (κ3) is 2.08. The Hall–Kier alpha value is -0.830. The van der Waals surface area contributed by atoms with E-state index in [9.17, 15) is 4.79 Å². The third-order valence-electron chi connectivity index (χ3n) is 2.07. The van der Waals surface area contributed by atoms with E-state index >= 15 is 0 Å². The van der Waals surface area contributed by atoms with Crippen molar-refractivity contribution in [1.29, 1.82) is 0 Å². The minimum absolute atomic E-state index is 0.140. The van der Waals surface area contributed by atoms with Crippen molar-refractivity contribution in [3.63, 3.8) is 0 Å². The first-order valence-corrected chi connectivity index (χ1v) is 4.25. The Balaban J connectivity index is 2.51. The van der Waals surface area contributed by atoms with Crippen LogP contribution in [0.4, 0.5) is 0 Å². The molecule has 0 spiro atoms. The van der Waals surface area contributed by atoms with E-state index in [0.29, 0.717) is 13.2 Å². The van der Waals surface area contributed by atoms with Crippen molar-refractivity contribution >= 4 is 5.91 Å². The van der Waals surface area contributed by atoms with Gasteiger partial charge >= 0.3 is 0 Å². The van der Waals surface area contributed by atoms with Crippen molar-refractivity contribution in [3.05, 3.63) is 11.6 Å². The highest BCUT2D eigenvalue weighted by atomic mass is 16.5. The zero-order chi connectivity index (χ0) is 8.97. The van der Waals surface area contributed by atoms with Gasteiger partial charge in [0.05, 0.1) is 13.2 Å². The second-order valence-electron chi connectivity index (χ2n) is 2.88. The number of carbonyl (C=O) groups excluding carboxylic acids is 1. The minimum Gasteiger partial charge on any atom is -0.378 e. The summed E-state index contributed by atoms with van der Waals surface area (Å²) in [6.07, 6.45) is 1.85. The molecule has 12 heavy (non-hydrogen) atoms. The van der Waals surface area contributed by atoms with E-state index in [1.807, 2.05) is 24.8 Å². The molecule has 0 bridgehead atoms. The van der Waals surface area contributed by atoms with Crippen LogP contribution in [0.15, 0.2) is 11.6 Å². The van der Waals surface area contributed by atoms with Crippen LogP contribution in [0.1, 0.15) is 13.8 Å². The number of hydrogen-bond acceptors (Lipinski definition) is 2. The highest BCUT2D eigenvalue weighted by Gasteiger charge is 2.16. The molecule has 0 N–H and O–H groups in total. The van der Waals surface area contributed by atoms with Crippen LogP contribution >= 0.6 is 0 Å². The molecule has 68 valence electrons. The first-order valence-electron chi connectivity index (χ1n) is 4.25. The summed E-state index contributed by atoms with van der Waals surface area (Å²) in [7, 11) is 0. The van der Waals surface area contributed by atoms with Crippen LogP contribution in [0, 0.1) is 0 Å². The molecule has 1 fully saturated rings. The van der Waals surface area contributed by atoms with E-state index in [1.165, 1.54) is 0 Å². The standard InChI is InChI=1S/C9H15NO2/c1-3-8(2)9(11)10-4-6-12-7-5-10/h3H,4-7H2,1-2H3/b8-3+. The number of nitrogens with zero attached hydrogens (tertiary/aromatic N) is 1. The van der Waals surface area contributed by atoms with Crippen molar-refractivity contribution in [3.8, 4) is 0 Å². The van der Waals surface area contributed by atoms with Gasteiger partial charge in [-0.1, -0.05) is 6.08 Å². The molecule has 1 aliphatic rings. The molecule has 3 heteroatoms. The van der Waals surface area contributed by atoms with E-state index in [4.69, 9.17) is 4.74 Å². The highest BCUT2D eigenvalue weighted by molar-refractivity contribution is 5.92. The van der Waals surface area contributed by atoms with Gasteiger partial charge in [-0.15, -0.1) is 0 Å². The number of morpholine rings is 1. The summed E-state index contributed by atoms with van der Waals surface area (Å²) in [5.41, 5.74) is 0.817. The van der Waals surface area contributed by atoms with Crippen LogP contribution in [-0.4, -0.2) is 37.1 Å². The Kier molecular flexibility index (Phi) is 3.29. The molecule has 0 unspecified atom stereocenters. The van der Waals surface area contributed by atoms with Gasteiger partial charge in [0.1, 0.15) is 0 Å². The van der Waals surface area contributed by atoms with Crippen LogP contribution in [0.5, 0.6) is 0 Å². The fraction of sp³-hybridized carbons (Fsp3) is 0.667. The average Bonchev–Trinajstić information content (AvgIpc) is 2.17. The zero-order valence-corrected chi connectivity index (χ0v) is 7.67. The van der Waals surface area contributed by atoms with Gasteiger partial charge in [0.15, 0.2) is 0 Å². The van der Waals surface area contributed by atoms with Crippen LogP contribution < -0.4 is 0 Å². The summed E-state index contributed by atoms with van der Waals surface area (Å²) >= 11 is 0. The second-order valence-corrected chi connectivity index (χ2v) is 2.88. The number of ether oxygens (including phenoxy) is 1. The molecule has 0 aromatic rings. The van der Waals surface area contributed by atoms with Gasteiger partial charge in [-0.3, -0.25) is 4.79 Å². The fourth-order valence-corrected chi connectivity index (χ4v) is 1.14. The Bertz CT molecular complexity index is 193. The molecular weight excluding hydrogens is 154 g/mol. The van der Waals surface area contributed by atoms with Crippen LogP contribution in [0.2, 0.25) is 0 Å². The van der Waals surface area contributed by atoms with Gasteiger partial charge in [0, 0.05) is 18.7 Å². The summed E-state index contributed by atoms with van der Waals surface area (Å²) in [4.78, 5) is 13.4. The predicted molar refractivity (Wildman–Crippen MR) is 46.8 cm³/mol. The molecule has 0 aliphatic carbocycles. The lowest BCUT2D eigenvalue weighted by Gasteiger charge is -2.26. The normalized spacial score (nSPS) is 19.5. The SMILES string of the molecule is C/C=C(\C)C(=O)N1CCOCC1. The van der Waals surface area contributed by atoms with Gasteiger partial charge in [0.25, 0.3) is 0 Å². The monoisotopic (exact) mass is 169 g/mol. The van der Waals surface area contributed by atoms with Crippen molar-refractivity contribution in [2.75, 3.05) is 26.3 Å². The number of rotatable bonds is 1. The second kappa shape index (κ2) is 4.26. The van der Waals surface area contributed by atoms with Gasteiger partial charge in [-0.25, -0.2) is 0 Å². The summed E-state index contributed by atoms with van der Waals surface area (Å²) in [5.74, 6) is 0.140. The topological polar surface area (TPSA) is 29.5 Å². The Morgan fingerprint density at radius 2 is 2.00 bits per heavy atom. The van der Waals surface area contributed by atoms with Crippen molar-refractivity contribution in [1.82, 2.24) is 4.90 Å². The summed E-state index contributed by atoms with van der Waals surface area (Å²) in [6.45, 7) is 6.52. The van der Waals surface area contributed by atoms with Crippen LogP contribution in [0.25, 0.3) is 0 Å². The summed E-state index contributed by atoms with van der Waals surface area (Å²) in [6, 6.07) is 0. The molecule has 3 nitrogen and oxygen atoms in total. The third-order valence-corrected chi connectivity index (χ3v) is 2.07. The molecule has 1 amide bonds. The van der Waals surface area contributed by atoms with E-state index in [-0.39, 0.29) is 5.91 Å². The lowest BCUT2D eigenvalue weighted by Crippen LogP contribution is -2.41. The Morgan fingerprint density at radius 3 is 2.50 bits per heavy atom. The lowest BCUT2D eigenvalue weighted by atomic mass is 10.2. The molecule has 0 radical (unpaired) electrons. The molecule has 0 atom stereocenters. The smallest absolute Gasteiger partial charge is 0.249 e. The molecule has 1 heterocycles. The fourth-order valence-electron chi connectivity index (χ4n) is 1.14. The molecule has 0 saturated carbocycles. The molecule has 0 aromatic heterocycles. The maximum Gasteiger partial charge on any atom is 0.249 e. The van der Waals surface area contributed by atoms with E-state index in [1.54, 1.807) is 0 Å². The van der Waals surface area contributed by atoms with Gasteiger partial charge in [-0.2, -0.15) is 0 Å². The molecule has 1 aliphatic heterocycles. The Labute approximate surface area is 73.0 Å². The molecular formula is C9H15NO2. The first-order chi connectivity index (χ1) is 5.75. The van der Waals surface area contributed by atoms with Gasteiger partial charge in [-0.05, 0) is 13.8 Å². The first kappa shape index (κ1) is 9.26. The van der Waals surface area contributed by atoms with Crippen LogP contribution in [-0.2, 0) is 9.53 Å². The average molecular weight is 169 g/mol. The van der Waals surface area contributed by atoms with E-state index < -0.39 is 0 Å². The molecule has 0 aromatic carbocycles. The summed E-state index contributed by atoms with van der Waals surface area (Å²) < 4.78 is 5.15. The predicted octanol–water partition coefficient (Wildman–Crippen LogP) is 0.811. The van der Waals surface area contributed by atoms with Gasteiger partial charge < -0.3 is 9.64 Å². The number of allylic oxidation sites excluding steroid dienone is 1. The molecule has 1 saturated heterocycles. The van der Waals surface area contributed by atoms with Crippen molar-refractivity contribution in [2.24, 2.45) is 0 Å². The summed E-state index contributed by atoms with van der Waals surface area (Å²) in [5, 5.41) is 0. The molecule has 1 rings (SSSR count). The number of amides is 1. The lowest BCUT2D eigenvalue weighted by molar-refractivity contribution is -0.131. The van der Waals surface area contributed by atoms with Crippen LogP contribution in [0.3, 0.4) is 0 Å². The quantitative estimate of drug-likeness (QED) is 0.544. The van der Waals surface area contributed by atoms with E-state index in [0.717, 1.165) is 18.7 Å². The highest BCUT2D eigenvalue weighted by Crippen LogP contribution is 2.03. The van der Waals surface area contributed by atoms with Crippen molar-refractivity contribution in [2.45, 2.75) is 13.8 Å². The minimum atomic E-state index is 0.140. The van der Waals surface area contributed by atoms with Crippen molar-refractivity contribution < 1.29 is 9.53 Å².